The first kappa shape index (κ1) is 48.5. The standard InChI is InChI=1S/C45H82O5/c1-37(2)20-15-28-42(7,47)30-17-32-44(9,49)34-19-35-45(10,50)33-18-31-43(8,48)29-16-27-40(5)26-14-25-39(4)24-13-23-38(3)21-11-12-22-41(6)36-46/h20-22,24,26,46-50H,11-19,23,25,27-36H2,1-10H3/b38-21+,39-24+,40-26+,41-22+. The second kappa shape index (κ2) is 25.5. The van der Waals surface area contributed by atoms with E-state index in [-0.39, 0.29) is 6.61 Å². The molecule has 0 aromatic rings. The van der Waals surface area contributed by atoms with Gasteiger partial charge in [-0.15, -0.1) is 0 Å². The highest BCUT2D eigenvalue weighted by Crippen LogP contribution is 2.30. The van der Waals surface area contributed by atoms with Crippen molar-refractivity contribution in [3.63, 3.8) is 0 Å². The minimum absolute atomic E-state index is 0.150. The highest BCUT2D eigenvalue weighted by atomic mass is 16.3. The summed E-state index contributed by atoms with van der Waals surface area (Å²) in [6.45, 7) is 20.5. The molecule has 0 aliphatic heterocycles. The van der Waals surface area contributed by atoms with Crippen molar-refractivity contribution in [3.05, 3.63) is 58.2 Å². The highest BCUT2D eigenvalue weighted by Gasteiger charge is 2.27. The molecule has 0 bridgehead atoms. The molecule has 0 heterocycles. The Kier molecular flexibility index (Phi) is 24.7. The normalized spacial score (nSPS) is 18.3. The number of allylic oxidation sites excluding steroid dienone is 9. The van der Waals surface area contributed by atoms with Crippen LogP contribution in [0, 0.1) is 0 Å². The molecule has 4 unspecified atom stereocenters. The van der Waals surface area contributed by atoms with E-state index < -0.39 is 22.4 Å². The van der Waals surface area contributed by atoms with Crippen LogP contribution < -0.4 is 0 Å². The van der Waals surface area contributed by atoms with Gasteiger partial charge in [-0.3, -0.25) is 0 Å². The molecule has 0 aliphatic carbocycles. The lowest BCUT2D eigenvalue weighted by Gasteiger charge is -2.30. The topological polar surface area (TPSA) is 101 Å². The Hall–Kier alpha value is -1.50. The molecule has 0 spiro atoms. The molecule has 0 saturated heterocycles. The van der Waals surface area contributed by atoms with E-state index in [0.717, 1.165) is 95.5 Å². The second-order valence-electron chi connectivity index (χ2n) is 17.2. The molecule has 5 N–H and O–H groups in total. The number of unbranched alkanes of at least 4 members (excludes halogenated alkanes) is 1. The van der Waals surface area contributed by atoms with E-state index in [4.69, 9.17) is 5.11 Å². The third kappa shape index (κ3) is 29.1. The summed E-state index contributed by atoms with van der Waals surface area (Å²) in [6, 6.07) is 0. The zero-order valence-electron chi connectivity index (χ0n) is 34.5. The summed E-state index contributed by atoms with van der Waals surface area (Å²) in [5.41, 5.74) is 3.54. The van der Waals surface area contributed by atoms with Gasteiger partial charge in [0.25, 0.3) is 0 Å². The van der Waals surface area contributed by atoms with E-state index in [9.17, 15) is 20.4 Å². The lowest BCUT2D eigenvalue weighted by molar-refractivity contribution is -0.00312. The van der Waals surface area contributed by atoms with Crippen molar-refractivity contribution in [3.8, 4) is 0 Å². The van der Waals surface area contributed by atoms with E-state index >= 15 is 0 Å². The van der Waals surface area contributed by atoms with Gasteiger partial charge in [-0.1, -0.05) is 58.2 Å². The van der Waals surface area contributed by atoms with Gasteiger partial charge in [0.1, 0.15) is 0 Å². The van der Waals surface area contributed by atoms with Crippen molar-refractivity contribution in [2.24, 2.45) is 0 Å². The zero-order valence-corrected chi connectivity index (χ0v) is 34.5. The molecule has 5 nitrogen and oxygen atoms in total. The zero-order chi connectivity index (χ0) is 38.3. The van der Waals surface area contributed by atoms with E-state index in [1.807, 2.05) is 34.6 Å². The molecule has 5 heteroatoms. The molecular weight excluding hydrogens is 620 g/mol. The van der Waals surface area contributed by atoms with Gasteiger partial charge in [0.15, 0.2) is 0 Å². The Bertz CT molecular complexity index is 1060. The maximum absolute atomic E-state index is 11.0. The number of aliphatic hydroxyl groups is 5. The summed E-state index contributed by atoms with van der Waals surface area (Å²) in [5, 5.41) is 52.6. The fourth-order valence-electron chi connectivity index (χ4n) is 6.59. The summed E-state index contributed by atoms with van der Waals surface area (Å²) in [4.78, 5) is 0. The molecule has 0 aliphatic rings. The third-order valence-electron chi connectivity index (χ3n) is 10.3. The summed E-state index contributed by atoms with van der Waals surface area (Å²) in [7, 11) is 0. The van der Waals surface area contributed by atoms with Crippen LogP contribution in [0.4, 0.5) is 0 Å². The monoisotopic (exact) mass is 703 g/mol. The van der Waals surface area contributed by atoms with Crippen LogP contribution in [0.2, 0.25) is 0 Å². The fourth-order valence-corrected chi connectivity index (χ4v) is 6.59. The molecule has 0 saturated carbocycles. The molecule has 0 aromatic heterocycles. The molecule has 292 valence electrons. The van der Waals surface area contributed by atoms with Gasteiger partial charge >= 0.3 is 0 Å². The van der Waals surface area contributed by atoms with Crippen molar-refractivity contribution in [1.29, 1.82) is 0 Å². The molecule has 0 rings (SSSR count). The molecule has 0 amide bonds. The molecule has 50 heavy (non-hydrogen) atoms. The Labute approximate surface area is 309 Å². The Morgan fingerprint density at radius 3 is 1.08 bits per heavy atom. The van der Waals surface area contributed by atoms with Crippen LogP contribution in [0.1, 0.15) is 198 Å². The average Bonchev–Trinajstić information content (AvgIpc) is 2.98. The van der Waals surface area contributed by atoms with Gasteiger partial charge in [-0.2, -0.15) is 0 Å². The SMILES string of the molecule is CC(C)=CCCC(C)(O)CCCC(C)(O)CCCC(C)(O)CCCC(C)(O)CCC/C(C)=C/CC/C(C)=C/CC/C(C)=C/CC/C=C(\C)CO. The van der Waals surface area contributed by atoms with Gasteiger partial charge in [0.05, 0.1) is 29.0 Å². The van der Waals surface area contributed by atoms with Crippen molar-refractivity contribution >= 4 is 0 Å². The molecule has 4 atom stereocenters. The quantitative estimate of drug-likeness (QED) is 0.0394. The number of hydrogen-bond donors (Lipinski definition) is 5. The smallest absolute Gasteiger partial charge is 0.0639 e. The van der Waals surface area contributed by atoms with Gasteiger partial charge in [-0.05, 0) is 198 Å². The van der Waals surface area contributed by atoms with E-state index in [0.29, 0.717) is 38.5 Å². The first-order valence-electron chi connectivity index (χ1n) is 19.9. The van der Waals surface area contributed by atoms with Gasteiger partial charge < -0.3 is 25.5 Å². The predicted octanol–water partition coefficient (Wildman–Crippen LogP) is 11.5. The maximum atomic E-state index is 11.0. The largest absolute Gasteiger partial charge is 0.392 e. The van der Waals surface area contributed by atoms with E-state index in [2.05, 4.69) is 65.0 Å². The van der Waals surface area contributed by atoms with Crippen molar-refractivity contribution in [1.82, 2.24) is 0 Å². The van der Waals surface area contributed by atoms with Gasteiger partial charge in [0, 0.05) is 0 Å². The highest BCUT2D eigenvalue weighted by molar-refractivity contribution is 5.07. The average molecular weight is 703 g/mol. The molecular formula is C45H82O5. The van der Waals surface area contributed by atoms with E-state index in [1.165, 1.54) is 22.3 Å². The number of rotatable bonds is 29. The van der Waals surface area contributed by atoms with E-state index in [1.54, 1.807) is 0 Å². The van der Waals surface area contributed by atoms with Crippen LogP contribution in [-0.4, -0.2) is 54.5 Å². The fraction of sp³-hybridized carbons (Fsp3) is 0.778. The van der Waals surface area contributed by atoms with Crippen LogP contribution in [0.25, 0.3) is 0 Å². The van der Waals surface area contributed by atoms with Crippen LogP contribution in [0.15, 0.2) is 58.2 Å². The Morgan fingerprint density at radius 1 is 0.380 bits per heavy atom. The summed E-state index contributed by atoms with van der Waals surface area (Å²) >= 11 is 0. The minimum Gasteiger partial charge on any atom is -0.392 e. The third-order valence-corrected chi connectivity index (χ3v) is 10.3. The molecule has 0 radical (unpaired) electrons. The first-order valence-corrected chi connectivity index (χ1v) is 19.9. The maximum Gasteiger partial charge on any atom is 0.0639 e. The lowest BCUT2D eigenvalue weighted by atomic mass is 9.84. The van der Waals surface area contributed by atoms with Crippen molar-refractivity contribution < 1.29 is 25.5 Å². The van der Waals surface area contributed by atoms with Gasteiger partial charge in [-0.25, -0.2) is 0 Å². The summed E-state index contributed by atoms with van der Waals surface area (Å²) in [5.74, 6) is 0. The Morgan fingerprint density at radius 2 is 0.700 bits per heavy atom. The molecule has 0 aromatic carbocycles. The van der Waals surface area contributed by atoms with Crippen LogP contribution in [0.3, 0.4) is 0 Å². The van der Waals surface area contributed by atoms with Crippen molar-refractivity contribution in [2.75, 3.05) is 6.61 Å². The van der Waals surface area contributed by atoms with Crippen LogP contribution in [-0.2, 0) is 0 Å². The Balaban J connectivity index is 4.30. The van der Waals surface area contributed by atoms with Gasteiger partial charge in [0.2, 0.25) is 0 Å². The summed E-state index contributed by atoms with van der Waals surface area (Å²) < 4.78 is 0. The van der Waals surface area contributed by atoms with Crippen molar-refractivity contribution in [2.45, 2.75) is 220 Å². The van der Waals surface area contributed by atoms with Crippen LogP contribution in [0.5, 0.6) is 0 Å². The minimum atomic E-state index is -0.805. The second-order valence-corrected chi connectivity index (χ2v) is 17.2. The number of hydrogen-bond acceptors (Lipinski definition) is 5. The van der Waals surface area contributed by atoms with Crippen LogP contribution >= 0.6 is 0 Å². The first-order chi connectivity index (χ1) is 23.2. The lowest BCUT2D eigenvalue weighted by Crippen LogP contribution is -2.30. The predicted molar refractivity (Wildman–Crippen MR) is 216 cm³/mol. The summed E-state index contributed by atoms with van der Waals surface area (Å²) in [6.07, 6.45) is 28.2. The number of aliphatic hydroxyl groups excluding tert-OH is 1. The molecule has 0 fully saturated rings.